The van der Waals surface area contributed by atoms with Gasteiger partial charge in [0.1, 0.15) is 6.07 Å². The number of benzene rings is 1. The number of non-ortho nitro benzene ring substituents is 1. The van der Waals surface area contributed by atoms with Gasteiger partial charge in [-0.15, -0.1) is 0 Å². The predicted molar refractivity (Wildman–Crippen MR) is 62.8 cm³/mol. The van der Waals surface area contributed by atoms with Gasteiger partial charge in [0, 0.05) is 25.3 Å². The van der Waals surface area contributed by atoms with E-state index in [0.717, 1.165) is 0 Å². The molecule has 1 N–H and O–H groups in total. The van der Waals surface area contributed by atoms with Crippen LogP contribution in [-0.4, -0.2) is 24.7 Å². The van der Waals surface area contributed by atoms with E-state index in [1.54, 1.807) is 7.11 Å². The van der Waals surface area contributed by atoms with Crippen LogP contribution in [0.5, 0.6) is 0 Å². The van der Waals surface area contributed by atoms with Crippen molar-refractivity contribution in [2.24, 2.45) is 0 Å². The number of hydrogen-bond donors (Lipinski definition) is 1. The van der Waals surface area contributed by atoms with E-state index in [9.17, 15) is 10.1 Å². The quantitative estimate of drug-likeness (QED) is 0.622. The lowest BCUT2D eigenvalue weighted by atomic mass is 10.1. The lowest BCUT2D eigenvalue weighted by Gasteiger charge is -2.14. The van der Waals surface area contributed by atoms with Gasteiger partial charge in [-0.25, -0.2) is 0 Å². The van der Waals surface area contributed by atoms with E-state index >= 15 is 0 Å². The van der Waals surface area contributed by atoms with Gasteiger partial charge in [0.25, 0.3) is 5.69 Å². The molecule has 1 aromatic rings. The van der Waals surface area contributed by atoms with Crippen LogP contribution < -0.4 is 5.32 Å². The van der Waals surface area contributed by atoms with Crippen LogP contribution in [-0.2, 0) is 4.74 Å². The molecule has 0 radical (unpaired) electrons. The SMILES string of the molecule is COCC(C)Nc1ccc([N+](=O)[O-])cc1C#N. The van der Waals surface area contributed by atoms with E-state index in [1.165, 1.54) is 18.2 Å². The van der Waals surface area contributed by atoms with Crippen molar-refractivity contribution >= 4 is 11.4 Å². The number of nitro groups is 1. The lowest BCUT2D eigenvalue weighted by Crippen LogP contribution is -2.21. The molecule has 0 aliphatic carbocycles. The Labute approximate surface area is 99.0 Å². The van der Waals surface area contributed by atoms with Crippen LogP contribution in [0.2, 0.25) is 0 Å². The number of nitrogens with one attached hydrogen (secondary N) is 1. The first-order chi connectivity index (χ1) is 8.08. The molecule has 1 atom stereocenters. The number of nitrogens with zero attached hydrogens (tertiary/aromatic N) is 2. The predicted octanol–water partition coefficient (Wildman–Crippen LogP) is 1.91. The minimum Gasteiger partial charge on any atom is -0.383 e. The Balaban J connectivity index is 2.94. The molecule has 0 spiro atoms. The van der Waals surface area contributed by atoms with Crippen molar-refractivity contribution in [3.8, 4) is 6.07 Å². The number of hydrogen-bond acceptors (Lipinski definition) is 5. The van der Waals surface area contributed by atoms with Gasteiger partial charge < -0.3 is 10.1 Å². The summed E-state index contributed by atoms with van der Waals surface area (Å²) in [6, 6.07) is 6.10. The summed E-state index contributed by atoms with van der Waals surface area (Å²) in [5.41, 5.74) is 0.733. The number of nitro benzene ring substituents is 1. The first-order valence-corrected chi connectivity index (χ1v) is 5.02. The molecule has 0 aliphatic rings. The Morgan fingerprint density at radius 3 is 2.88 bits per heavy atom. The molecule has 1 unspecified atom stereocenters. The Bertz CT molecular complexity index is 454. The van der Waals surface area contributed by atoms with Crippen LogP contribution in [0.4, 0.5) is 11.4 Å². The molecule has 0 amide bonds. The van der Waals surface area contributed by atoms with Gasteiger partial charge in [0.05, 0.1) is 22.8 Å². The summed E-state index contributed by atoms with van der Waals surface area (Å²) < 4.78 is 4.96. The zero-order valence-electron chi connectivity index (χ0n) is 9.64. The highest BCUT2D eigenvalue weighted by molar-refractivity contribution is 5.61. The summed E-state index contributed by atoms with van der Waals surface area (Å²) in [5, 5.41) is 22.5. The fourth-order valence-electron chi connectivity index (χ4n) is 1.42. The molecule has 6 nitrogen and oxygen atoms in total. The molecule has 0 saturated heterocycles. The number of ether oxygens (including phenoxy) is 1. The van der Waals surface area contributed by atoms with Gasteiger partial charge in [-0.3, -0.25) is 10.1 Å². The van der Waals surface area contributed by atoms with Crippen molar-refractivity contribution in [3.63, 3.8) is 0 Å². The lowest BCUT2D eigenvalue weighted by molar-refractivity contribution is -0.384. The maximum Gasteiger partial charge on any atom is 0.270 e. The Kier molecular flexibility index (Phi) is 4.43. The van der Waals surface area contributed by atoms with Gasteiger partial charge in [0.15, 0.2) is 0 Å². The highest BCUT2D eigenvalue weighted by atomic mass is 16.6. The van der Waals surface area contributed by atoms with Crippen molar-refractivity contribution < 1.29 is 9.66 Å². The van der Waals surface area contributed by atoms with E-state index in [1.807, 2.05) is 13.0 Å². The summed E-state index contributed by atoms with van der Waals surface area (Å²) in [5.74, 6) is 0. The number of rotatable bonds is 5. The zero-order valence-corrected chi connectivity index (χ0v) is 9.64. The van der Waals surface area contributed by atoms with E-state index in [2.05, 4.69) is 5.32 Å². The molecule has 90 valence electrons. The normalized spacial score (nSPS) is 11.6. The summed E-state index contributed by atoms with van der Waals surface area (Å²) in [6.07, 6.45) is 0. The zero-order chi connectivity index (χ0) is 12.8. The maximum absolute atomic E-state index is 10.6. The third-order valence-electron chi connectivity index (χ3n) is 2.15. The fraction of sp³-hybridized carbons (Fsp3) is 0.364. The van der Waals surface area contributed by atoms with Crippen LogP contribution in [0, 0.1) is 21.4 Å². The molecular weight excluding hydrogens is 222 g/mol. The molecule has 1 rings (SSSR count). The van der Waals surface area contributed by atoms with Crippen molar-refractivity contribution in [3.05, 3.63) is 33.9 Å². The molecule has 1 aromatic carbocycles. The molecular formula is C11H13N3O3. The van der Waals surface area contributed by atoms with Gasteiger partial charge in [-0.2, -0.15) is 5.26 Å². The minimum atomic E-state index is -0.525. The van der Waals surface area contributed by atoms with Crippen LogP contribution in [0.1, 0.15) is 12.5 Å². The van der Waals surface area contributed by atoms with Crippen LogP contribution in [0.3, 0.4) is 0 Å². The molecule has 0 aromatic heterocycles. The second-order valence-electron chi connectivity index (χ2n) is 3.60. The second kappa shape index (κ2) is 5.82. The first kappa shape index (κ1) is 12.9. The largest absolute Gasteiger partial charge is 0.383 e. The molecule has 17 heavy (non-hydrogen) atoms. The average molecular weight is 235 g/mol. The van der Waals surface area contributed by atoms with E-state index in [4.69, 9.17) is 10.00 Å². The van der Waals surface area contributed by atoms with Crippen molar-refractivity contribution in [1.82, 2.24) is 0 Å². The topological polar surface area (TPSA) is 88.2 Å². The first-order valence-electron chi connectivity index (χ1n) is 5.02. The second-order valence-corrected chi connectivity index (χ2v) is 3.60. The summed E-state index contributed by atoms with van der Waals surface area (Å²) >= 11 is 0. The number of anilines is 1. The average Bonchev–Trinajstić information content (AvgIpc) is 2.29. The number of nitriles is 1. The standard InChI is InChI=1S/C11H13N3O3/c1-8(7-17-2)13-11-4-3-10(14(15)16)5-9(11)6-12/h3-5,8,13H,7H2,1-2H3. The monoisotopic (exact) mass is 235 g/mol. The Hall–Kier alpha value is -2.13. The molecule has 0 aliphatic heterocycles. The van der Waals surface area contributed by atoms with Gasteiger partial charge in [-0.1, -0.05) is 0 Å². The van der Waals surface area contributed by atoms with Gasteiger partial charge >= 0.3 is 0 Å². The summed E-state index contributed by atoms with van der Waals surface area (Å²) in [7, 11) is 1.58. The molecule has 0 bridgehead atoms. The van der Waals surface area contributed by atoms with Crippen LogP contribution in [0.25, 0.3) is 0 Å². The molecule has 0 heterocycles. The maximum atomic E-state index is 10.6. The fourth-order valence-corrected chi connectivity index (χ4v) is 1.42. The third kappa shape index (κ3) is 3.43. The van der Waals surface area contributed by atoms with E-state index in [0.29, 0.717) is 12.3 Å². The summed E-state index contributed by atoms with van der Waals surface area (Å²) in [4.78, 5) is 10.0. The molecule has 0 saturated carbocycles. The van der Waals surface area contributed by atoms with Gasteiger partial charge in [-0.05, 0) is 13.0 Å². The highest BCUT2D eigenvalue weighted by Gasteiger charge is 2.11. The van der Waals surface area contributed by atoms with Gasteiger partial charge in [0.2, 0.25) is 0 Å². The molecule has 0 fully saturated rings. The van der Waals surface area contributed by atoms with E-state index in [-0.39, 0.29) is 17.3 Å². The van der Waals surface area contributed by atoms with Crippen LogP contribution >= 0.6 is 0 Å². The highest BCUT2D eigenvalue weighted by Crippen LogP contribution is 2.21. The Morgan fingerprint density at radius 2 is 2.35 bits per heavy atom. The summed E-state index contributed by atoms with van der Waals surface area (Å²) in [6.45, 7) is 2.38. The van der Waals surface area contributed by atoms with Crippen molar-refractivity contribution in [2.45, 2.75) is 13.0 Å². The number of methoxy groups -OCH3 is 1. The van der Waals surface area contributed by atoms with Crippen LogP contribution in [0.15, 0.2) is 18.2 Å². The minimum absolute atomic E-state index is 0.0218. The third-order valence-corrected chi connectivity index (χ3v) is 2.15. The Morgan fingerprint density at radius 1 is 1.65 bits per heavy atom. The molecule has 6 heteroatoms. The van der Waals surface area contributed by atoms with Crippen molar-refractivity contribution in [2.75, 3.05) is 19.0 Å². The smallest absolute Gasteiger partial charge is 0.270 e. The van der Waals surface area contributed by atoms with Crippen molar-refractivity contribution in [1.29, 1.82) is 5.26 Å². The van der Waals surface area contributed by atoms with E-state index < -0.39 is 4.92 Å².